The van der Waals surface area contributed by atoms with Crippen molar-refractivity contribution in [1.29, 1.82) is 0 Å². The van der Waals surface area contributed by atoms with Crippen LogP contribution in [-0.2, 0) is 17.2 Å². The summed E-state index contributed by atoms with van der Waals surface area (Å²) in [7, 11) is -0.919. The van der Waals surface area contributed by atoms with Crippen molar-refractivity contribution in [2.75, 3.05) is 0 Å². The third-order valence-corrected chi connectivity index (χ3v) is 9.92. The van der Waals surface area contributed by atoms with Gasteiger partial charge in [-0.15, -0.1) is 0 Å². The molecule has 5 nitrogen and oxygen atoms in total. The van der Waals surface area contributed by atoms with E-state index in [0.29, 0.717) is 18.5 Å². The highest BCUT2D eigenvalue weighted by Crippen LogP contribution is 2.51. The third kappa shape index (κ3) is 3.49. The van der Waals surface area contributed by atoms with E-state index in [1.54, 1.807) is 24.4 Å². The first-order valence-electron chi connectivity index (χ1n) is 11.9. The molecule has 2 heterocycles. The molecule has 2 fully saturated rings. The minimum atomic E-state index is -0.919. The SMILES string of the molecule is O=C(c1ccccn1)[C@]12Cc3cnn(-c4ccc(F)cc4)c3C=C1CC[C@H](S(=O)C1CCC1)C2. The Kier molecular flexibility index (Phi) is 5.32. The van der Waals surface area contributed by atoms with Crippen LogP contribution < -0.4 is 0 Å². The zero-order valence-electron chi connectivity index (χ0n) is 18.8. The van der Waals surface area contributed by atoms with Crippen LogP contribution in [0.4, 0.5) is 4.39 Å². The minimum absolute atomic E-state index is 0.00911. The highest BCUT2D eigenvalue weighted by atomic mass is 32.2. The summed E-state index contributed by atoms with van der Waals surface area (Å²) in [5.74, 6) is -0.282. The van der Waals surface area contributed by atoms with Crippen LogP contribution in [0, 0.1) is 11.2 Å². The predicted molar refractivity (Wildman–Crippen MR) is 130 cm³/mol. The van der Waals surface area contributed by atoms with Crippen LogP contribution in [-0.4, -0.2) is 35.3 Å². The van der Waals surface area contributed by atoms with Crippen molar-refractivity contribution in [2.45, 2.75) is 55.4 Å². The number of pyridine rings is 1. The number of Topliss-reactive ketones (excluding diaryl/α,β-unsaturated/α-hetero) is 1. The Morgan fingerprint density at radius 2 is 1.91 bits per heavy atom. The lowest BCUT2D eigenvalue weighted by atomic mass is 9.61. The number of allylic oxidation sites excluding steroid dienone is 1. The minimum Gasteiger partial charge on any atom is -0.291 e. The topological polar surface area (TPSA) is 64.8 Å². The van der Waals surface area contributed by atoms with Gasteiger partial charge < -0.3 is 0 Å². The van der Waals surface area contributed by atoms with Gasteiger partial charge >= 0.3 is 0 Å². The summed E-state index contributed by atoms with van der Waals surface area (Å²) in [5, 5.41) is 4.88. The van der Waals surface area contributed by atoms with Gasteiger partial charge in [0.15, 0.2) is 5.78 Å². The molecule has 1 unspecified atom stereocenters. The van der Waals surface area contributed by atoms with E-state index in [1.165, 1.54) is 12.1 Å². The van der Waals surface area contributed by atoms with E-state index in [0.717, 1.165) is 54.6 Å². The summed E-state index contributed by atoms with van der Waals surface area (Å²) in [4.78, 5) is 18.4. The quantitative estimate of drug-likeness (QED) is 0.484. The molecule has 174 valence electrons. The maximum atomic E-state index is 14.0. The number of rotatable bonds is 5. The zero-order chi connectivity index (χ0) is 23.3. The Labute approximate surface area is 200 Å². The molecule has 0 bridgehead atoms. The van der Waals surface area contributed by atoms with Gasteiger partial charge in [-0.05, 0) is 86.6 Å². The number of hydrogen-bond acceptors (Lipinski definition) is 4. The maximum Gasteiger partial charge on any atom is 0.191 e. The molecule has 6 rings (SSSR count). The first kappa shape index (κ1) is 21.6. The van der Waals surface area contributed by atoms with Crippen molar-refractivity contribution in [3.63, 3.8) is 0 Å². The zero-order valence-corrected chi connectivity index (χ0v) is 19.6. The second-order valence-electron chi connectivity index (χ2n) is 9.66. The lowest BCUT2D eigenvalue weighted by molar-refractivity contribution is 0.0797. The van der Waals surface area contributed by atoms with Crippen LogP contribution in [0.25, 0.3) is 11.8 Å². The number of halogens is 1. The van der Waals surface area contributed by atoms with Crippen molar-refractivity contribution in [3.05, 3.63) is 83.2 Å². The Morgan fingerprint density at radius 3 is 2.62 bits per heavy atom. The molecule has 7 heteroatoms. The molecule has 0 radical (unpaired) electrons. The second kappa shape index (κ2) is 8.38. The fourth-order valence-electron chi connectivity index (χ4n) is 5.67. The van der Waals surface area contributed by atoms with Crippen LogP contribution in [0.3, 0.4) is 0 Å². The van der Waals surface area contributed by atoms with Gasteiger partial charge in [-0.1, -0.05) is 18.1 Å². The fourth-order valence-corrected chi connectivity index (χ4v) is 7.81. The predicted octanol–water partition coefficient (Wildman–Crippen LogP) is 5.07. The average molecular weight is 476 g/mol. The Hall–Kier alpha value is -2.93. The third-order valence-electron chi connectivity index (χ3n) is 7.73. The molecule has 3 aliphatic rings. The van der Waals surface area contributed by atoms with Crippen molar-refractivity contribution >= 4 is 22.7 Å². The molecule has 3 aromatic rings. The van der Waals surface area contributed by atoms with Crippen LogP contribution in [0.2, 0.25) is 0 Å². The van der Waals surface area contributed by atoms with E-state index in [-0.39, 0.29) is 22.1 Å². The molecule has 0 aliphatic heterocycles. The molecule has 1 aromatic carbocycles. The molecule has 3 aliphatic carbocycles. The first-order valence-corrected chi connectivity index (χ1v) is 13.2. The van der Waals surface area contributed by atoms with Gasteiger partial charge in [0, 0.05) is 27.5 Å². The van der Waals surface area contributed by atoms with E-state index in [9.17, 15) is 13.4 Å². The summed E-state index contributed by atoms with van der Waals surface area (Å²) in [6, 6.07) is 11.7. The molecule has 0 saturated heterocycles. The smallest absolute Gasteiger partial charge is 0.191 e. The molecule has 0 spiro atoms. The van der Waals surface area contributed by atoms with E-state index in [2.05, 4.69) is 16.2 Å². The standard InChI is InChI=1S/C27H26FN3O2S/c28-20-8-10-21(11-9-20)31-25-14-19-7-12-23(34(33)22-4-3-5-22)16-27(19,15-18(25)17-30-31)26(32)24-6-1-2-13-29-24/h1-2,6,8-11,13-14,17,22-23H,3-5,7,12,15-16H2/t23-,27-,34?/m0/s1. The van der Waals surface area contributed by atoms with Gasteiger partial charge in [-0.3, -0.25) is 14.0 Å². The Bertz CT molecular complexity index is 1300. The van der Waals surface area contributed by atoms with Crippen molar-refractivity contribution in [3.8, 4) is 5.69 Å². The summed E-state index contributed by atoms with van der Waals surface area (Å²) >= 11 is 0. The highest BCUT2D eigenvalue weighted by molar-refractivity contribution is 7.86. The number of benzene rings is 1. The van der Waals surface area contributed by atoms with Crippen LogP contribution in [0.15, 0.2) is 60.4 Å². The number of aromatic nitrogens is 3. The average Bonchev–Trinajstić information content (AvgIpc) is 3.24. The van der Waals surface area contributed by atoms with Crippen molar-refractivity contribution < 1.29 is 13.4 Å². The number of nitrogens with zero attached hydrogens (tertiary/aromatic N) is 3. The summed E-state index contributed by atoms with van der Waals surface area (Å²) in [6.07, 6.45) is 11.4. The maximum absolute atomic E-state index is 14.0. The van der Waals surface area contributed by atoms with E-state index in [4.69, 9.17) is 0 Å². The first-order chi connectivity index (χ1) is 16.5. The van der Waals surface area contributed by atoms with Crippen LogP contribution >= 0.6 is 0 Å². The van der Waals surface area contributed by atoms with Crippen LogP contribution in [0.1, 0.15) is 60.3 Å². The molecule has 34 heavy (non-hydrogen) atoms. The number of fused-ring (bicyclic) bond motifs is 2. The van der Waals surface area contributed by atoms with E-state index < -0.39 is 16.2 Å². The second-order valence-corrected chi connectivity index (χ2v) is 11.7. The number of hydrogen-bond donors (Lipinski definition) is 0. The fraction of sp³-hybridized carbons (Fsp3) is 0.370. The molecule has 3 atom stereocenters. The Balaban J connectivity index is 1.42. The lowest BCUT2D eigenvalue weighted by Gasteiger charge is -2.44. The molecular formula is C27H26FN3O2S. The molecule has 2 saturated carbocycles. The monoisotopic (exact) mass is 475 g/mol. The van der Waals surface area contributed by atoms with Gasteiger partial charge in [0.05, 0.1) is 23.0 Å². The molecule has 0 amide bonds. The van der Waals surface area contributed by atoms with E-state index >= 15 is 0 Å². The lowest BCUT2D eigenvalue weighted by Crippen LogP contribution is -2.46. The van der Waals surface area contributed by atoms with Crippen molar-refractivity contribution in [2.24, 2.45) is 5.41 Å². The number of ketones is 1. The number of carbonyl (C=O) groups excluding carboxylic acids is 1. The number of carbonyl (C=O) groups is 1. The van der Waals surface area contributed by atoms with Crippen molar-refractivity contribution in [1.82, 2.24) is 14.8 Å². The summed E-state index contributed by atoms with van der Waals surface area (Å²) in [6.45, 7) is 0. The van der Waals surface area contributed by atoms with Gasteiger partial charge in [-0.2, -0.15) is 5.10 Å². The Morgan fingerprint density at radius 1 is 1.09 bits per heavy atom. The van der Waals surface area contributed by atoms with Gasteiger partial charge in [0.2, 0.25) is 0 Å². The van der Waals surface area contributed by atoms with Gasteiger partial charge in [-0.25, -0.2) is 9.07 Å². The highest BCUT2D eigenvalue weighted by Gasteiger charge is 2.51. The molecular weight excluding hydrogens is 449 g/mol. The van der Waals surface area contributed by atoms with Crippen LogP contribution in [0.5, 0.6) is 0 Å². The van der Waals surface area contributed by atoms with Gasteiger partial charge in [0.25, 0.3) is 0 Å². The summed E-state index contributed by atoms with van der Waals surface area (Å²) in [5.41, 5.74) is 3.47. The molecule has 2 aromatic heterocycles. The molecule has 0 N–H and O–H groups in total. The largest absolute Gasteiger partial charge is 0.291 e. The van der Waals surface area contributed by atoms with Gasteiger partial charge in [0.1, 0.15) is 11.5 Å². The summed E-state index contributed by atoms with van der Waals surface area (Å²) < 4.78 is 28.6. The van der Waals surface area contributed by atoms with E-state index in [1.807, 2.05) is 23.0 Å². The normalized spacial score (nSPS) is 25.0.